The second-order valence-electron chi connectivity index (χ2n) is 4.70. The lowest BCUT2D eigenvalue weighted by Crippen LogP contribution is -2.07. The van der Waals surface area contributed by atoms with Crippen LogP contribution < -0.4 is 11.1 Å². The van der Waals surface area contributed by atoms with E-state index in [0.717, 1.165) is 23.0 Å². The van der Waals surface area contributed by atoms with E-state index in [1.54, 1.807) is 6.20 Å². The minimum absolute atomic E-state index is 0.274. The average molecular weight is 319 g/mol. The molecule has 98 valence electrons. The van der Waals surface area contributed by atoms with Gasteiger partial charge >= 0.3 is 0 Å². The molecule has 2 aromatic rings. The normalized spacial score (nSPS) is 13.9. The molecule has 1 aromatic heterocycles. The third kappa shape index (κ3) is 2.56. The van der Waals surface area contributed by atoms with Crippen molar-refractivity contribution < 1.29 is 0 Å². The Labute approximate surface area is 120 Å². The monoisotopic (exact) mass is 318 g/mol. The number of halogens is 1. The number of benzene rings is 1. The predicted octanol–water partition coefficient (Wildman–Crippen LogP) is 3.44. The van der Waals surface area contributed by atoms with Gasteiger partial charge in [-0.2, -0.15) is 4.98 Å². The first-order valence-electron chi connectivity index (χ1n) is 6.40. The summed E-state index contributed by atoms with van der Waals surface area (Å²) in [5, 5.41) is 3.36. The summed E-state index contributed by atoms with van der Waals surface area (Å²) in [6.07, 6.45) is 6.48. The molecule has 0 amide bonds. The summed E-state index contributed by atoms with van der Waals surface area (Å²) in [6.45, 7) is 0. The van der Waals surface area contributed by atoms with E-state index in [9.17, 15) is 0 Å². The van der Waals surface area contributed by atoms with E-state index in [1.807, 2.05) is 0 Å². The molecule has 0 unspecified atom stereocenters. The Balaban J connectivity index is 1.97. The molecule has 0 radical (unpaired) electrons. The van der Waals surface area contributed by atoms with E-state index in [1.165, 1.54) is 24.0 Å². The van der Waals surface area contributed by atoms with Gasteiger partial charge in [-0.1, -0.05) is 12.1 Å². The van der Waals surface area contributed by atoms with Crippen LogP contribution in [0.15, 0.2) is 28.9 Å². The third-order valence-electron chi connectivity index (χ3n) is 3.41. The Kier molecular flexibility index (Phi) is 3.38. The maximum atomic E-state index is 5.64. The second kappa shape index (κ2) is 5.17. The summed E-state index contributed by atoms with van der Waals surface area (Å²) in [7, 11) is 0. The van der Waals surface area contributed by atoms with Gasteiger partial charge in [0.2, 0.25) is 5.95 Å². The fraction of sp³-hybridized carbons (Fsp3) is 0.286. The number of nitrogens with one attached hydrogen (secondary N) is 1. The van der Waals surface area contributed by atoms with Crippen LogP contribution in [0.4, 0.5) is 17.5 Å². The number of aryl methyl sites for hydroxylation is 1. The first-order chi connectivity index (χ1) is 9.24. The zero-order chi connectivity index (χ0) is 13.2. The molecule has 1 aliphatic carbocycles. The molecule has 3 N–H and O–H groups in total. The SMILES string of the molecule is Nc1ncc(Br)c(Nc2cccc3c2CCCC3)n1. The fourth-order valence-electron chi connectivity index (χ4n) is 2.49. The standard InChI is InChI=1S/C14H15BrN4/c15-11-8-17-14(16)19-13(11)18-12-7-3-5-9-4-1-2-6-10(9)12/h3,5,7-8H,1-2,4,6H2,(H3,16,17,18,19). The second-order valence-corrected chi connectivity index (χ2v) is 5.55. The lowest BCUT2D eigenvalue weighted by Gasteiger charge is -2.20. The highest BCUT2D eigenvalue weighted by Crippen LogP contribution is 2.31. The predicted molar refractivity (Wildman–Crippen MR) is 80.5 cm³/mol. The van der Waals surface area contributed by atoms with Crippen LogP contribution in [-0.2, 0) is 12.8 Å². The molecule has 1 heterocycles. The molecule has 0 fully saturated rings. The summed E-state index contributed by atoms with van der Waals surface area (Å²) in [5.41, 5.74) is 9.60. The summed E-state index contributed by atoms with van der Waals surface area (Å²) < 4.78 is 0.815. The average Bonchev–Trinajstić information content (AvgIpc) is 2.43. The van der Waals surface area contributed by atoms with E-state index < -0.39 is 0 Å². The molecule has 0 saturated carbocycles. The summed E-state index contributed by atoms with van der Waals surface area (Å²) in [4.78, 5) is 8.17. The molecular weight excluding hydrogens is 304 g/mol. The van der Waals surface area contributed by atoms with Gasteiger partial charge in [0.1, 0.15) is 5.82 Å². The maximum absolute atomic E-state index is 5.64. The molecular formula is C14H15BrN4. The van der Waals surface area contributed by atoms with Gasteiger partial charge in [0.05, 0.1) is 4.47 Å². The smallest absolute Gasteiger partial charge is 0.222 e. The number of hydrogen-bond donors (Lipinski definition) is 2. The Hall–Kier alpha value is -1.62. The van der Waals surface area contributed by atoms with E-state index in [-0.39, 0.29) is 5.95 Å². The number of nitrogen functional groups attached to an aromatic ring is 1. The Morgan fingerprint density at radius 3 is 2.95 bits per heavy atom. The molecule has 19 heavy (non-hydrogen) atoms. The molecule has 0 atom stereocenters. The molecule has 0 bridgehead atoms. The van der Waals surface area contributed by atoms with Crippen LogP contribution in [0.1, 0.15) is 24.0 Å². The number of fused-ring (bicyclic) bond motifs is 1. The van der Waals surface area contributed by atoms with Crippen LogP contribution in [0.2, 0.25) is 0 Å². The van der Waals surface area contributed by atoms with Gasteiger partial charge in [-0.15, -0.1) is 0 Å². The van der Waals surface area contributed by atoms with Crippen molar-refractivity contribution >= 4 is 33.4 Å². The van der Waals surface area contributed by atoms with E-state index in [4.69, 9.17) is 5.73 Å². The molecule has 4 nitrogen and oxygen atoms in total. The van der Waals surface area contributed by atoms with E-state index in [0.29, 0.717) is 5.82 Å². The van der Waals surface area contributed by atoms with Crippen LogP contribution in [0, 0.1) is 0 Å². The van der Waals surface area contributed by atoms with Crippen molar-refractivity contribution in [2.45, 2.75) is 25.7 Å². The zero-order valence-electron chi connectivity index (χ0n) is 10.5. The molecule has 0 saturated heterocycles. The number of anilines is 3. The first-order valence-corrected chi connectivity index (χ1v) is 7.19. The lowest BCUT2D eigenvalue weighted by atomic mass is 9.90. The molecule has 1 aliphatic rings. The molecule has 3 rings (SSSR count). The van der Waals surface area contributed by atoms with Gasteiger partial charge in [0.15, 0.2) is 0 Å². The highest BCUT2D eigenvalue weighted by atomic mass is 79.9. The largest absolute Gasteiger partial charge is 0.368 e. The fourth-order valence-corrected chi connectivity index (χ4v) is 2.78. The van der Waals surface area contributed by atoms with Crippen LogP contribution in [-0.4, -0.2) is 9.97 Å². The van der Waals surface area contributed by atoms with Gasteiger partial charge < -0.3 is 11.1 Å². The van der Waals surface area contributed by atoms with Crippen LogP contribution in [0.5, 0.6) is 0 Å². The quantitative estimate of drug-likeness (QED) is 0.890. The van der Waals surface area contributed by atoms with Crippen molar-refractivity contribution in [1.29, 1.82) is 0 Å². The van der Waals surface area contributed by atoms with Crippen molar-refractivity contribution in [2.75, 3.05) is 11.1 Å². The number of nitrogens with two attached hydrogens (primary N) is 1. The molecule has 0 aliphatic heterocycles. The molecule has 1 aromatic carbocycles. The number of rotatable bonds is 2. The summed E-state index contributed by atoms with van der Waals surface area (Å²) >= 11 is 3.44. The Morgan fingerprint density at radius 2 is 2.05 bits per heavy atom. The van der Waals surface area contributed by atoms with Gasteiger partial charge in [0.25, 0.3) is 0 Å². The van der Waals surface area contributed by atoms with E-state index in [2.05, 4.69) is 49.4 Å². The summed E-state index contributed by atoms with van der Waals surface area (Å²) in [5.74, 6) is 0.988. The Morgan fingerprint density at radius 1 is 1.21 bits per heavy atom. The number of hydrogen-bond acceptors (Lipinski definition) is 4. The molecule has 5 heteroatoms. The van der Waals surface area contributed by atoms with Crippen LogP contribution in [0.25, 0.3) is 0 Å². The number of nitrogens with zero attached hydrogens (tertiary/aromatic N) is 2. The highest BCUT2D eigenvalue weighted by molar-refractivity contribution is 9.10. The van der Waals surface area contributed by atoms with Crippen LogP contribution in [0.3, 0.4) is 0 Å². The molecule has 0 spiro atoms. The topological polar surface area (TPSA) is 63.8 Å². The minimum Gasteiger partial charge on any atom is -0.368 e. The number of aromatic nitrogens is 2. The van der Waals surface area contributed by atoms with Crippen molar-refractivity contribution in [3.63, 3.8) is 0 Å². The van der Waals surface area contributed by atoms with Gasteiger partial charge in [0, 0.05) is 11.9 Å². The van der Waals surface area contributed by atoms with Crippen molar-refractivity contribution in [3.8, 4) is 0 Å². The van der Waals surface area contributed by atoms with Crippen LogP contribution >= 0.6 is 15.9 Å². The first kappa shape index (κ1) is 12.4. The highest BCUT2D eigenvalue weighted by Gasteiger charge is 2.14. The van der Waals surface area contributed by atoms with Crippen molar-refractivity contribution in [1.82, 2.24) is 9.97 Å². The lowest BCUT2D eigenvalue weighted by molar-refractivity contribution is 0.687. The zero-order valence-corrected chi connectivity index (χ0v) is 12.1. The Bertz CT molecular complexity index is 612. The maximum Gasteiger partial charge on any atom is 0.222 e. The third-order valence-corrected chi connectivity index (χ3v) is 3.99. The van der Waals surface area contributed by atoms with Gasteiger partial charge in [-0.3, -0.25) is 0 Å². The summed E-state index contributed by atoms with van der Waals surface area (Å²) in [6, 6.07) is 6.39. The van der Waals surface area contributed by atoms with Gasteiger partial charge in [-0.25, -0.2) is 4.98 Å². The van der Waals surface area contributed by atoms with E-state index >= 15 is 0 Å². The van der Waals surface area contributed by atoms with Gasteiger partial charge in [-0.05, 0) is 58.8 Å². The van der Waals surface area contributed by atoms with Crippen molar-refractivity contribution in [2.24, 2.45) is 0 Å². The van der Waals surface area contributed by atoms with Crippen molar-refractivity contribution in [3.05, 3.63) is 40.0 Å². The minimum atomic E-state index is 0.274.